The van der Waals surface area contributed by atoms with Crippen LogP contribution in [0, 0.1) is 13.8 Å². The Hall–Kier alpha value is -2.94. The van der Waals surface area contributed by atoms with Gasteiger partial charge in [-0.3, -0.25) is 9.69 Å². The zero-order valence-corrected chi connectivity index (χ0v) is 19.5. The number of aliphatic imine (C=N–C) groups is 1. The van der Waals surface area contributed by atoms with E-state index >= 15 is 4.39 Å². The third-order valence-corrected chi connectivity index (χ3v) is 6.06. The van der Waals surface area contributed by atoms with Gasteiger partial charge in [0.05, 0.1) is 18.4 Å². The predicted octanol–water partition coefficient (Wildman–Crippen LogP) is 4.28. The van der Waals surface area contributed by atoms with Crippen LogP contribution in [0.3, 0.4) is 0 Å². The Morgan fingerprint density at radius 2 is 2.00 bits per heavy atom. The van der Waals surface area contributed by atoms with Crippen molar-refractivity contribution in [2.24, 2.45) is 12.0 Å². The highest BCUT2D eigenvalue weighted by atomic mass is 19.3. The van der Waals surface area contributed by atoms with E-state index in [1.54, 1.807) is 12.3 Å². The predicted molar refractivity (Wildman–Crippen MR) is 124 cm³/mol. The molecule has 1 N–H and O–H groups in total. The smallest absolute Gasteiger partial charge is 0.263 e. The first-order valence-corrected chi connectivity index (χ1v) is 10.8. The molecule has 2 heterocycles. The summed E-state index contributed by atoms with van der Waals surface area (Å²) in [4.78, 5) is 22.4. The average Bonchev–Trinajstić information content (AvgIpc) is 3.08. The van der Waals surface area contributed by atoms with Crippen LogP contribution in [-0.4, -0.2) is 58.3 Å². The number of rotatable bonds is 7. The minimum absolute atomic E-state index is 0.0825. The lowest BCUT2D eigenvalue weighted by molar-refractivity contribution is -0.136. The number of amides is 1. The number of hydrogen-bond acceptors (Lipinski definition) is 4. The molecule has 1 amide bonds. The molecular weight excluding hydrogens is 431 g/mol. The second kappa shape index (κ2) is 9.51. The Morgan fingerprint density at radius 1 is 1.33 bits per heavy atom. The van der Waals surface area contributed by atoms with Gasteiger partial charge >= 0.3 is 0 Å². The maximum absolute atomic E-state index is 15.3. The van der Waals surface area contributed by atoms with Crippen LogP contribution in [0.5, 0.6) is 0 Å². The lowest BCUT2D eigenvalue weighted by Gasteiger charge is -2.36. The molecule has 3 rings (SSSR count). The molecule has 33 heavy (non-hydrogen) atoms. The molecule has 1 saturated heterocycles. The standard InChI is InChI=1S/C24H30F3N5O/c1-16-6-7-18(20-14-29-17(2)31(20)5)12-19(16)13-21(28-4)30-22(33)24(27)8-10-32(11-9-24)15-23(3,25)26/h6-7,12-14H,4,8-11,15H2,1-3,5H3,(H,30,33)/b21-13+. The van der Waals surface area contributed by atoms with Gasteiger partial charge in [-0.15, -0.1) is 0 Å². The van der Waals surface area contributed by atoms with Crippen LogP contribution in [0.4, 0.5) is 13.2 Å². The van der Waals surface area contributed by atoms with E-state index in [1.807, 2.05) is 43.7 Å². The fourth-order valence-corrected chi connectivity index (χ4v) is 3.91. The zero-order valence-electron chi connectivity index (χ0n) is 19.5. The minimum atomic E-state index is -2.86. The van der Waals surface area contributed by atoms with Crippen molar-refractivity contribution in [3.05, 3.63) is 47.2 Å². The Morgan fingerprint density at radius 3 is 2.55 bits per heavy atom. The number of carbonyl (C=O) groups is 1. The first-order chi connectivity index (χ1) is 15.4. The highest BCUT2D eigenvalue weighted by Gasteiger charge is 2.43. The summed E-state index contributed by atoms with van der Waals surface area (Å²) in [6.07, 6.45) is 3.11. The summed E-state index contributed by atoms with van der Waals surface area (Å²) in [5.74, 6) is -2.69. The van der Waals surface area contributed by atoms with Crippen molar-refractivity contribution in [3.63, 3.8) is 0 Å². The second-order valence-electron chi connectivity index (χ2n) is 8.77. The quantitative estimate of drug-likeness (QED) is 0.626. The molecule has 9 heteroatoms. The van der Waals surface area contributed by atoms with Gasteiger partial charge in [0.1, 0.15) is 11.6 Å². The number of alkyl halides is 3. The fourth-order valence-electron chi connectivity index (χ4n) is 3.91. The third kappa shape index (κ3) is 5.90. The molecule has 2 aromatic rings. The Labute approximate surface area is 192 Å². The molecule has 1 aromatic heterocycles. The largest absolute Gasteiger partial charge is 0.331 e. The Kier molecular flexibility index (Phi) is 7.11. The van der Waals surface area contributed by atoms with Crippen molar-refractivity contribution < 1.29 is 18.0 Å². The topological polar surface area (TPSA) is 62.5 Å². The van der Waals surface area contributed by atoms with Crippen molar-refractivity contribution in [2.75, 3.05) is 19.6 Å². The van der Waals surface area contributed by atoms with Crippen LogP contribution in [0.2, 0.25) is 0 Å². The number of aromatic nitrogens is 2. The van der Waals surface area contributed by atoms with Gasteiger partial charge < -0.3 is 9.88 Å². The summed E-state index contributed by atoms with van der Waals surface area (Å²) in [5, 5.41) is 2.52. The maximum Gasteiger partial charge on any atom is 0.263 e. The number of carbonyl (C=O) groups excluding carboxylic acids is 1. The minimum Gasteiger partial charge on any atom is -0.331 e. The average molecular weight is 462 g/mol. The number of imidazole rings is 1. The van der Waals surface area contributed by atoms with Crippen LogP contribution >= 0.6 is 0 Å². The van der Waals surface area contributed by atoms with Gasteiger partial charge in [0, 0.05) is 45.5 Å². The number of aryl methyl sites for hydroxylation is 2. The van der Waals surface area contributed by atoms with Gasteiger partial charge in [0.25, 0.3) is 11.8 Å². The molecule has 1 aliphatic heterocycles. The molecule has 1 fully saturated rings. The summed E-state index contributed by atoms with van der Waals surface area (Å²) < 4.78 is 43.7. The zero-order chi connectivity index (χ0) is 24.4. The number of nitrogens with zero attached hydrogens (tertiary/aromatic N) is 4. The number of hydrogen-bond donors (Lipinski definition) is 1. The van der Waals surface area contributed by atoms with E-state index in [-0.39, 0.29) is 31.8 Å². The van der Waals surface area contributed by atoms with Crippen LogP contribution in [0.25, 0.3) is 17.3 Å². The van der Waals surface area contributed by atoms with Crippen LogP contribution < -0.4 is 5.32 Å². The van der Waals surface area contributed by atoms with Gasteiger partial charge in [-0.05, 0) is 43.8 Å². The summed E-state index contributed by atoms with van der Waals surface area (Å²) >= 11 is 0. The summed E-state index contributed by atoms with van der Waals surface area (Å²) in [7, 11) is 1.93. The van der Waals surface area contributed by atoms with E-state index in [0.717, 1.165) is 35.1 Å². The molecule has 1 aromatic carbocycles. The monoisotopic (exact) mass is 461 g/mol. The van der Waals surface area contributed by atoms with Crippen molar-refractivity contribution in [2.45, 2.75) is 45.2 Å². The lowest BCUT2D eigenvalue weighted by atomic mass is 9.92. The fraction of sp³-hybridized carbons (Fsp3) is 0.458. The second-order valence-corrected chi connectivity index (χ2v) is 8.77. The molecule has 0 saturated carbocycles. The van der Waals surface area contributed by atoms with E-state index in [4.69, 9.17) is 0 Å². The molecular formula is C24H30F3N5O. The number of likely N-dealkylation sites (tertiary alicyclic amines) is 1. The van der Waals surface area contributed by atoms with Crippen LogP contribution in [0.1, 0.15) is 36.7 Å². The molecule has 178 valence electrons. The first-order valence-electron chi connectivity index (χ1n) is 10.8. The normalized spacial score (nSPS) is 17.1. The molecule has 0 aliphatic carbocycles. The van der Waals surface area contributed by atoms with Gasteiger partial charge in [-0.1, -0.05) is 12.1 Å². The maximum atomic E-state index is 15.3. The number of nitrogens with one attached hydrogen (secondary N) is 1. The van der Waals surface area contributed by atoms with E-state index in [9.17, 15) is 13.6 Å². The Balaban J connectivity index is 1.75. The van der Waals surface area contributed by atoms with Crippen molar-refractivity contribution in [1.82, 2.24) is 19.8 Å². The van der Waals surface area contributed by atoms with Gasteiger partial charge in [0.15, 0.2) is 5.67 Å². The SMILES string of the molecule is C=N/C(=C\c1cc(-c2cnc(C)n2C)ccc1C)NC(=O)C1(F)CCN(CC(C)(F)F)CC1. The summed E-state index contributed by atoms with van der Waals surface area (Å²) in [6.45, 7) is 7.88. The third-order valence-electron chi connectivity index (χ3n) is 6.06. The van der Waals surface area contributed by atoms with E-state index < -0.39 is 24.0 Å². The van der Waals surface area contributed by atoms with E-state index in [0.29, 0.717) is 0 Å². The van der Waals surface area contributed by atoms with Crippen LogP contribution in [0.15, 0.2) is 35.2 Å². The van der Waals surface area contributed by atoms with Gasteiger partial charge in [0.2, 0.25) is 0 Å². The number of benzene rings is 1. The number of halogens is 3. The molecule has 0 bridgehead atoms. The van der Waals surface area contributed by atoms with Crippen molar-refractivity contribution in [3.8, 4) is 11.3 Å². The highest BCUT2D eigenvalue weighted by molar-refractivity contribution is 5.87. The molecule has 1 aliphatic rings. The van der Waals surface area contributed by atoms with Gasteiger partial charge in [-0.25, -0.2) is 23.1 Å². The first kappa shape index (κ1) is 24.7. The molecule has 0 atom stereocenters. The highest BCUT2D eigenvalue weighted by Crippen LogP contribution is 2.29. The van der Waals surface area contributed by atoms with E-state index in [2.05, 4.69) is 22.0 Å². The van der Waals surface area contributed by atoms with Crippen molar-refractivity contribution >= 4 is 18.7 Å². The summed E-state index contributed by atoms with van der Waals surface area (Å²) in [6, 6.07) is 5.87. The summed E-state index contributed by atoms with van der Waals surface area (Å²) in [5.41, 5.74) is 1.46. The molecule has 6 nitrogen and oxygen atoms in total. The molecule has 0 unspecified atom stereocenters. The molecule has 0 radical (unpaired) electrons. The number of piperidine rings is 1. The van der Waals surface area contributed by atoms with Crippen LogP contribution in [-0.2, 0) is 11.8 Å². The molecule has 0 spiro atoms. The lowest BCUT2D eigenvalue weighted by Crippen LogP contribution is -2.52. The van der Waals surface area contributed by atoms with Gasteiger partial charge in [-0.2, -0.15) is 0 Å². The Bertz CT molecular complexity index is 1060. The van der Waals surface area contributed by atoms with Crippen molar-refractivity contribution in [1.29, 1.82) is 0 Å². The van der Waals surface area contributed by atoms with E-state index in [1.165, 1.54) is 4.90 Å².